The van der Waals surface area contributed by atoms with Crippen molar-refractivity contribution in [3.63, 3.8) is 0 Å². The van der Waals surface area contributed by atoms with Gasteiger partial charge in [0.1, 0.15) is 0 Å². The molecule has 32 heavy (non-hydrogen) atoms. The molecule has 0 aliphatic heterocycles. The van der Waals surface area contributed by atoms with Crippen LogP contribution in [0.5, 0.6) is 0 Å². The second kappa shape index (κ2) is 9.21. The normalized spacial score (nSPS) is 44.2. The molecule has 0 spiro atoms. The molecule has 0 aromatic carbocycles. The van der Waals surface area contributed by atoms with Gasteiger partial charge in [-0.2, -0.15) is 0 Å². The van der Waals surface area contributed by atoms with E-state index in [1.54, 1.807) is 5.57 Å². The lowest BCUT2D eigenvalue weighted by molar-refractivity contribution is -0.0807. The van der Waals surface area contributed by atoms with Crippen LogP contribution in [0.15, 0.2) is 22.8 Å². The minimum atomic E-state index is -0.423. The third kappa shape index (κ3) is 4.52. The third-order valence-corrected chi connectivity index (χ3v) is 10.7. The Hall–Kier alpha value is -0.600. The summed E-state index contributed by atoms with van der Waals surface area (Å²) in [6.07, 6.45) is 12.7. The van der Waals surface area contributed by atoms with Gasteiger partial charge in [-0.05, 0) is 125 Å². The second-order valence-corrected chi connectivity index (χ2v) is 13.4. The zero-order valence-corrected chi connectivity index (χ0v) is 22.3. The fourth-order valence-electron chi connectivity index (χ4n) is 8.59. The molecule has 0 aromatic rings. The van der Waals surface area contributed by atoms with Crippen molar-refractivity contribution < 1.29 is 10.6 Å². The first kappa shape index (κ1) is 26.0. The lowest BCUT2D eigenvalue weighted by atomic mass is 9.58. The number of rotatable bonds is 1. The van der Waals surface area contributed by atoms with Gasteiger partial charge in [-0.3, -0.25) is 0 Å². The van der Waals surface area contributed by atoms with E-state index in [0.29, 0.717) is 17.3 Å². The van der Waals surface area contributed by atoms with Gasteiger partial charge in [0.2, 0.25) is 0 Å². The summed E-state index contributed by atoms with van der Waals surface area (Å²) in [5.74, 6) is 6.63. The van der Waals surface area contributed by atoms with Crippen molar-refractivity contribution in [1.29, 1.82) is 0 Å². The van der Waals surface area contributed by atoms with Gasteiger partial charge in [-0.1, -0.05) is 57.4 Å². The quantitative estimate of drug-likeness (QED) is 0.422. The lowest BCUT2D eigenvalue weighted by Gasteiger charge is -2.49. The van der Waals surface area contributed by atoms with Crippen LogP contribution in [0.25, 0.3) is 0 Å². The van der Waals surface area contributed by atoms with Gasteiger partial charge in [0.15, 0.2) is 0 Å². The molecule has 2 heteroatoms. The highest BCUT2D eigenvalue weighted by atomic mass is 16.3. The van der Waals surface area contributed by atoms with Crippen molar-refractivity contribution in [3.05, 3.63) is 22.8 Å². The standard InChI is InChI=1S/C15H26O.C15H24.H2O/c1-10(2)12-7-8-15(4,16)14-6-5-11(3)9-13(12)14;1-9-6-8-12-14(15(12,3)4)13-10(2)5-7-11(9)13;/h9-10,12-14,16H,5-8H2,1-4H3;10,12-14H,5-8H2,1-4H3;1H2/t12-,13-,14+,15-;10-,12-,13-,14-;/m01./s1. The van der Waals surface area contributed by atoms with Crippen LogP contribution in [0.4, 0.5) is 0 Å². The summed E-state index contributed by atoms with van der Waals surface area (Å²) in [4.78, 5) is 0. The molecule has 0 radical (unpaired) electrons. The van der Waals surface area contributed by atoms with Crippen molar-refractivity contribution in [2.24, 2.45) is 52.8 Å². The molecule has 8 atom stereocenters. The molecule has 3 fully saturated rings. The van der Waals surface area contributed by atoms with Crippen molar-refractivity contribution in [2.45, 2.75) is 112 Å². The van der Waals surface area contributed by atoms with Gasteiger partial charge in [-0.15, -0.1) is 0 Å². The second-order valence-electron chi connectivity index (χ2n) is 13.4. The summed E-state index contributed by atoms with van der Waals surface area (Å²) in [6.45, 7) is 18.9. The van der Waals surface area contributed by atoms with E-state index in [1.807, 2.05) is 5.57 Å². The molecule has 5 aliphatic rings. The van der Waals surface area contributed by atoms with Crippen molar-refractivity contribution in [2.75, 3.05) is 0 Å². The van der Waals surface area contributed by atoms with E-state index >= 15 is 0 Å². The van der Waals surface area contributed by atoms with E-state index in [4.69, 9.17) is 0 Å². The Morgan fingerprint density at radius 2 is 1.59 bits per heavy atom. The maximum Gasteiger partial charge on any atom is 0.0653 e. The molecule has 5 aliphatic carbocycles. The molecule has 0 saturated heterocycles. The predicted octanol–water partition coefficient (Wildman–Crippen LogP) is 7.37. The van der Waals surface area contributed by atoms with Crippen LogP contribution in [0.3, 0.4) is 0 Å². The molecule has 5 rings (SSSR count). The topological polar surface area (TPSA) is 51.7 Å². The number of fused-ring (bicyclic) bond motifs is 4. The van der Waals surface area contributed by atoms with E-state index in [9.17, 15) is 5.11 Å². The number of hydrogen-bond donors (Lipinski definition) is 1. The summed E-state index contributed by atoms with van der Waals surface area (Å²) in [5.41, 5.74) is 5.40. The summed E-state index contributed by atoms with van der Waals surface area (Å²) in [6, 6.07) is 0. The summed E-state index contributed by atoms with van der Waals surface area (Å²) < 4.78 is 0. The van der Waals surface area contributed by atoms with E-state index < -0.39 is 5.60 Å². The van der Waals surface area contributed by atoms with E-state index in [0.717, 1.165) is 41.9 Å². The third-order valence-electron chi connectivity index (χ3n) is 10.7. The molecule has 0 amide bonds. The average Bonchev–Trinajstić information content (AvgIpc) is 3.07. The first-order chi connectivity index (χ1) is 14.4. The number of aliphatic hydroxyl groups is 1. The molecule has 0 aromatic heterocycles. The fourth-order valence-corrected chi connectivity index (χ4v) is 8.59. The zero-order valence-electron chi connectivity index (χ0n) is 22.3. The van der Waals surface area contributed by atoms with Gasteiger partial charge in [0.25, 0.3) is 0 Å². The molecular weight excluding hydrogens is 392 g/mol. The Kier molecular flexibility index (Phi) is 7.49. The van der Waals surface area contributed by atoms with E-state index in [1.165, 1.54) is 50.5 Å². The Bertz CT molecular complexity index is 740. The Morgan fingerprint density at radius 1 is 0.938 bits per heavy atom. The Balaban J connectivity index is 0.000000175. The molecular formula is C30H52O2. The highest BCUT2D eigenvalue weighted by Gasteiger charge is 2.62. The Morgan fingerprint density at radius 3 is 2.25 bits per heavy atom. The van der Waals surface area contributed by atoms with Crippen molar-refractivity contribution in [1.82, 2.24) is 0 Å². The number of hydrogen-bond acceptors (Lipinski definition) is 1. The maximum absolute atomic E-state index is 10.5. The van der Waals surface area contributed by atoms with E-state index in [-0.39, 0.29) is 5.48 Å². The van der Waals surface area contributed by atoms with Crippen LogP contribution < -0.4 is 0 Å². The summed E-state index contributed by atoms with van der Waals surface area (Å²) >= 11 is 0. The van der Waals surface area contributed by atoms with Crippen molar-refractivity contribution in [3.8, 4) is 0 Å². The van der Waals surface area contributed by atoms with Crippen LogP contribution in [0, 0.1) is 52.8 Å². The lowest BCUT2D eigenvalue weighted by Crippen LogP contribution is -2.48. The molecule has 0 unspecified atom stereocenters. The molecule has 184 valence electrons. The molecule has 3 saturated carbocycles. The Labute approximate surface area is 198 Å². The molecule has 3 N–H and O–H groups in total. The van der Waals surface area contributed by atoms with Gasteiger partial charge in [0, 0.05) is 0 Å². The molecule has 2 nitrogen and oxygen atoms in total. The van der Waals surface area contributed by atoms with Gasteiger partial charge >= 0.3 is 0 Å². The minimum absolute atomic E-state index is 0. The van der Waals surface area contributed by atoms with Crippen LogP contribution in [0.2, 0.25) is 0 Å². The van der Waals surface area contributed by atoms with Gasteiger partial charge in [0.05, 0.1) is 5.60 Å². The van der Waals surface area contributed by atoms with E-state index in [2.05, 4.69) is 61.5 Å². The summed E-state index contributed by atoms with van der Waals surface area (Å²) in [5, 5.41) is 10.5. The fraction of sp³-hybridized carbons (Fsp3) is 0.867. The highest BCUT2D eigenvalue weighted by molar-refractivity contribution is 5.29. The number of allylic oxidation sites excluding steroid dienone is 4. The zero-order chi connectivity index (χ0) is 22.7. The highest BCUT2D eigenvalue weighted by Crippen LogP contribution is 2.69. The predicted molar refractivity (Wildman–Crippen MR) is 136 cm³/mol. The van der Waals surface area contributed by atoms with Crippen molar-refractivity contribution >= 4 is 0 Å². The SMILES string of the molecule is CC1=C2CC[C@@H](C)[C@H]2[C@H]2[C@@H](CC1)C2(C)C.CC1=C[C@@H]2[C@@H](CC1)[C@@](C)(O)CC[C@H]2C(C)C.O. The largest absolute Gasteiger partial charge is 0.412 e. The minimum Gasteiger partial charge on any atom is -0.412 e. The maximum atomic E-state index is 10.5. The summed E-state index contributed by atoms with van der Waals surface area (Å²) in [7, 11) is 0. The van der Waals surface area contributed by atoms with Crippen LogP contribution >= 0.6 is 0 Å². The molecule has 0 heterocycles. The average molecular weight is 445 g/mol. The van der Waals surface area contributed by atoms with Gasteiger partial charge < -0.3 is 10.6 Å². The van der Waals surface area contributed by atoms with Gasteiger partial charge in [-0.25, -0.2) is 0 Å². The molecule has 0 bridgehead atoms. The van der Waals surface area contributed by atoms with Crippen LogP contribution in [0.1, 0.15) is 107 Å². The first-order valence-electron chi connectivity index (χ1n) is 13.5. The van der Waals surface area contributed by atoms with Crippen LogP contribution in [-0.2, 0) is 0 Å². The van der Waals surface area contributed by atoms with Crippen LogP contribution in [-0.4, -0.2) is 16.2 Å². The smallest absolute Gasteiger partial charge is 0.0653 e. The first-order valence-corrected chi connectivity index (χ1v) is 13.5. The monoisotopic (exact) mass is 444 g/mol.